The number of rotatable bonds is 4. The maximum atomic E-state index is 12.4. The maximum absolute atomic E-state index is 12.4. The second-order valence-corrected chi connectivity index (χ2v) is 7.65. The lowest BCUT2D eigenvalue weighted by atomic mass is 10.3. The van der Waals surface area contributed by atoms with Gasteiger partial charge in [-0.2, -0.15) is 9.38 Å². The zero-order valence-corrected chi connectivity index (χ0v) is 15.4. The molecule has 2 aromatic rings. The molecule has 2 aliphatic heterocycles. The Morgan fingerprint density at radius 3 is 2.73 bits per heavy atom. The number of imidazole rings is 1. The van der Waals surface area contributed by atoms with E-state index in [-0.39, 0.29) is 16.6 Å². The van der Waals surface area contributed by atoms with Gasteiger partial charge >= 0.3 is 5.82 Å². The minimum absolute atomic E-state index is 0.0304. The van der Waals surface area contributed by atoms with Crippen molar-refractivity contribution in [2.24, 2.45) is 0 Å². The van der Waals surface area contributed by atoms with Crippen molar-refractivity contribution in [1.29, 1.82) is 0 Å². The molecule has 0 bridgehead atoms. The minimum Gasteiger partial charge on any atom is -0.358 e. The molecule has 0 N–H and O–H groups in total. The van der Waals surface area contributed by atoms with Crippen LogP contribution in [0.3, 0.4) is 0 Å². The van der Waals surface area contributed by atoms with E-state index in [0.29, 0.717) is 37.0 Å². The molecule has 2 saturated heterocycles. The topological polar surface area (TPSA) is 87.2 Å². The number of hydrogen-bond donors (Lipinski definition) is 0. The van der Waals surface area contributed by atoms with Crippen LogP contribution in [0.5, 0.6) is 0 Å². The van der Waals surface area contributed by atoms with Gasteiger partial charge in [0.2, 0.25) is 11.7 Å². The van der Waals surface area contributed by atoms with Crippen LogP contribution in [0.1, 0.15) is 19.3 Å². The van der Waals surface area contributed by atoms with Gasteiger partial charge in [0.15, 0.2) is 0 Å². The summed E-state index contributed by atoms with van der Waals surface area (Å²) < 4.78 is 1.54. The number of hydrogen-bond acceptors (Lipinski definition) is 7. The highest BCUT2D eigenvalue weighted by Crippen LogP contribution is 2.31. The molecular formula is C16H22N6O3S. The normalized spacial score (nSPS) is 19.2. The number of anilines is 1. The smallest absolute Gasteiger partial charge is 0.358 e. The Balaban J connectivity index is 1.45. The van der Waals surface area contributed by atoms with Gasteiger partial charge in [0, 0.05) is 44.6 Å². The van der Waals surface area contributed by atoms with E-state index in [9.17, 15) is 14.9 Å². The van der Waals surface area contributed by atoms with Crippen LogP contribution >= 0.6 is 11.3 Å². The van der Waals surface area contributed by atoms with Crippen LogP contribution in [0.2, 0.25) is 0 Å². The van der Waals surface area contributed by atoms with Crippen molar-refractivity contribution in [3.63, 3.8) is 0 Å². The molecule has 0 saturated carbocycles. The Bertz CT molecular complexity index is 812. The monoisotopic (exact) mass is 378 g/mol. The molecule has 2 aromatic heterocycles. The average molecular weight is 378 g/mol. The third kappa shape index (κ3) is 3.26. The van der Waals surface area contributed by atoms with Crippen molar-refractivity contribution in [3.05, 3.63) is 21.7 Å². The summed E-state index contributed by atoms with van der Waals surface area (Å²) in [6.45, 7) is 5.06. The molecule has 140 valence electrons. The quantitative estimate of drug-likeness (QED) is 0.591. The van der Waals surface area contributed by atoms with Crippen molar-refractivity contribution < 1.29 is 9.72 Å². The van der Waals surface area contributed by atoms with E-state index in [2.05, 4.69) is 9.88 Å². The number of carbonyl (C=O) groups excluding carboxylic acids is 1. The van der Waals surface area contributed by atoms with Crippen LogP contribution in [0.15, 0.2) is 11.6 Å². The van der Waals surface area contributed by atoms with Gasteiger partial charge in [-0.3, -0.25) is 9.69 Å². The SMILES string of the molecule is O=C(CN1CCCN(c2nc3sccn3c2[N+](=O)[O-])CC1)N1CCCC1. The van der Waals surface area contributed by atoms with Gasteiger partial charge in [0.05, 0.1) is 6.54 Å². The van der Waals surface area contributed by atoms with Crippen LogP contribution < -0.4 is 4.90 Å². The maximum Gasteiger partial charge on any atom is 0.373 e. The first-order valence-corrected chi connectivity index (χ1v) is 9.86. The standard InChI is InChI=1S/C16H22N6O3S/c23-13(19-5-1-2-6-19)12-18-4-3-7-20(9-8-18)14-15(22(24)25)21-10-11-26-16(21)17-14/h10-11H,1-9,12H2. The summed E-state index contributed by atoms with van der Waals surface area (Å²) in [5.74, 6) is 0.668. The molecule has 2 aliphatic rings. The molecule has 4 rings (SSSR count). The number of aromatic nitrogens is 2. The highest BCUT2D eigenvalue weighted by molar-refractivity contribution is 7.15. The van der Waals surface area contributed by atoms with E-state index in [1.165, 1.54) is 11.3 Å². The van der Waals surface area contributed by atoms with Crippen molar-refractivity contribution in [1.82, 2.24) is 19.2 Å². The van der Waals surface area contributed by atoms with E-state index >= 15 is 0 Å². The molecule has 0 unspecified atom stereocenters. The summed E-state index contributed by atoms with van der Waals surface area (Å²) in [6, 6.07) is 0. The molecule has 0 aromatic carbocycles. The summed E-state index contributed by atoms with van der Waals surface area (Å²) in [5.41, 5.74) is 0. The first-order chi connectivity index (χ1) is 12.6. The molecule has 0 atom stereocenters. The van der Waals surface area contributed by atoms with Crippen LogP contribution in [-0.2, 0) is 4.79 Å². The highest BCUT2D eigenvalue weighted by Gasteiger charge is 2.30. The lowest BCUT2D eigenvalue weighted by Gasteiger charge is -2.23. The molecule has 10 heteroatoms. The Kier molecular flexibility index (Phi) is 4.77. The van der Waals surface area contributed by atoms with E-state index in [4.69, 9.17) is 0 Å². The van der Waals surface area contributed by atoms with Gasteiger partial charge in [0.25, 0.3) is 4.96 Å². The fourth-order valence-corrected chi connectivity index (χ4v) is 4.45. The van der Waals surface area contributed by atoms with E-state index in [1.54, 1.807) is 16.0 Å². The summed E-state index contributed by atoms with van der Waals surface area (Å²) in [7, 11) is 0. The van der Waals surface area contributed by atoms with E-state index < -0.39 is 0 Å². The molecule has 9 nitrogen and oxygen atoms in total. The largest absolute Gasteiger partial charge is 0.373 e. The third-order valence-electron chi connectivity index (χ3n) is 5.10. The fraction of sp³-hybridized carbons (Fsp3) is 0.625. The van der Waals surface area contributed by atoms with Crippen LogP contribution in [0, 0.1) is 10.1 Å². The lowest BCUT2D eigenvalue weighted by molar-refractivity contribution is -0.389. The first-order valence-electron chi connectivity index (χ1n) is 8.98. The van der Waals surface area contributed by atoms with Crippen LogP contribution in [0.25, 0.3) is 4.96 Å². The second kappa shape index (κ2) is 7.20. The number of amides is 1. The Labute approximate surface area is 155 Å². The average Bonchev–Trinajstić information content (AvgIpc) is 3.30. The van der Waals surface area contributed by atoms with E-state index in [0.717, 1.165) is 38.9 Å². The van der Waals surface area contributed by atoms with Gasteiger partial charge in [-0.1, -0.05) is 11.3 Å². The second-order valence-electron chi connectivity index (χ2n) is 6.78. The fourth-order valence-electron chi connectivity index (χ4n) is 3.74. The zero-order chi connectivity index (χ0) is 18.1. The van der Waals surface area contributed by atoms with Crippen molar-refractivity contribution in [2.75, 3.05) is 50.7 Å². The van der Waals surface area contributed by atoms with Crippen LogP contribution in [-0.4, -0.2) is 75.8 Å². The molecule has 4 heterocycles. The lowest BCUT2D eigenvalue weighted by Crippen LogP contribution is -2.40. The summed E-state index contributed by atoms with van der Waals surface area (Å²) >= 11 is 1.39. The number of fused-ring (bicyclic) bond motifs is 1. The third-order valence-corrected chi connectivity index (χ3v) is 5.85. The van der Waals surface area contributed by atoms with Gasteiger partial charge in [-0.15, -0.1) is 0 Å². The molecule has 26 heavy (non-hydrogen) atoms. The van der Waals surface area contributed by atoms with Crippen molar-refractivity contribution in [2.45, 2.75) is 19.3 Å². The Hall–Kier alpha value is -2.20. The van der Waals surface area contributed by atoms with Gasteiger partial charge in [-0.05, 0) is 24.2 Å². The highest BCUT2D eigenvalue weighted by atomic mass is 32.1. The predicted molar refractivity (Wildman–Crippen MR) is 98.8 cm³/mol. The molecule has 0 radical (unpaired) electrons. The van der Waals surface area contributed by atoms with Crippen molar-refractivity contribution in [3.8, 4) is 0 Å². The first kappa shape index (κ1) is 17.2. The number of nitrogens with zero attached hydrogens (tertiary/aromatic N) is 6. The summed E-state index contributed by atoms with van der Waals surface area (Å²) in [4.78, 5) is 34.8. The molecule has 0 aliphatic carbocycles. The predicted octanol–water partition coefficient (Wildman–Crippen LogP) is 1.44. The van der Waals surface area contributed by atoms with E-state index in [1.807, 2.05) is 9.80 Å². The number of thiazole rings is 1. The molecule has 2 fully saturated rings. The minimum atomic E-state index is -0.360. The number of likely N-dealkylation sites (tertiary alicyclic amines) is 1. The number of carbonyl (C=O) groups is 1. The zero-order valence-electron chi connectivity index (χ0n) is 14.5. The van der Waals surface area contributed by atoms with Gasteiger partial charge < -0.3 is 19.9 Å². The molecule has 0 spiro atoms. The molecular weight excluding hydrogens is 356 g/mol. The Morgan fingerprint density at radius 1 is 1.15 bits per heavy atom. The van der Waals surface area contributed by atoms with Crippen molar-refractivity contribution >= 4 is 33.8 Å². The van der Waals surface area contributed by atoms with Gasteiger partial charge in [-0.25, -0.2) is 0 Å². The molecule has 1 amide bonds. The summed E-state index contributed by atoms with van der Waals surface area (Å²) in [5, 5.41) is 13.3. The Morgan fingerprint density at radius 2 is 1.96 bits per heavy atom. The number of nitro groups is 1. The van der Waals surface area contributed by atoms with Gasteiger partial charge in [0.1, 0.15) is 6.20 Å². The van der Waals surface area contributed by atoms with Crippen LogP contribution in [0.4, 0.5) is 11.6 Å². The summed E-state index contributed by atoms with van der Waals surface area (Å²) in [6.07, 6.45) is 4.74.